The number of aromatic nitrogens is 6. The summed E-state index contributed by atoms with van der Waals surface area (Å²) >= 11 is 7.80. The fourth-order valence-electron chi connectivity index (χ4n) is 7.40. The number of carbonyl (C=O) groups is 1. The smallest absolute Gasteiger partial charge is 0.346 e. The minimum Gasteiger partial charge on any atom is -0.463 e. The van der Waals surface area contributed by atoms with Crippen molar-refractivity contribution in [3.63, 3.8) is 0 Å². The Morgan fingerprint density at radius 3 is 2.71 bits per heavy atom. The van der Waals surface area contributed by atoms with Crippen LogP contribution in [0.15, 0.2) is 30.9 Å². The summed E-state index contributed by atoms with van der Waals surface area (Å²) in [5.74, 6) is -0.943. The lowest BCUT2D eigenvalue weighted by molar-refractivity contribution is 0.160. The van der Waals surface area contributed by atoms with Crippen LogP contribution in [0.2, 0.25) is 5.02 Å². The van der Waals surface area contributed by atoms with E-state index in [2.05, 4.69) is 25.4 Å². The van der Waals surface area contributed by atoms with E-state index in [1.807, 2.05) is 9.80 Å². The molecule has 49 heavy (non-hydrogen) atoms. The highest BCUT2D eigenvalue weighted by Gasteiger charge is 2.44. The van der Waals surface area contributed by atoms with Gasteiger partial charge < -0.3 is 25.6 Å². The molecule has 8 rings (SSSR count). The monoisotopic (exact) mass is 712 g/mol. The van der Waals surface area contributed by atoms with E-state index in [0.29, 0.717) is 30.7 Å². The molecule has 3 aromatic heterocycles. The third-order valence-corrected chi connectivity index (χ3v) is 10.8. The minimum atomic E-state index is -1.01. The first-order valence-corrected chi connectivity index (χ1v) is 17.4. The Kier molecular flexibility index (Phi) is 8.40. The van der Waals surface area contributed by atoms with E-state index in [9.17, 15) is 13.6 Å². The van der Waals surface area contributed by atoms with Gasteiger partial charge >= 0.3 is 12.0 Å². The lowest BCUT2D eigenvalue weighted by Crippen LogP contribution is -2.57. The third-order valence-electron chi connectivity index (χ3n) is 9.61. The molecule has 0 aliphatic carbocycles. The summed E-state index contributed by atoms with van der Waals surface area (Å²) in [5.41, 5.74) is 6.33. The maximum Gasteiger partial charge on any atom is 0.346 e. The lowest BCUT2D eigenvalue weighted by atomic mass is 9.96. The molecule has 2 aromatic carbocycles. The van der Waals surface area contributed by atoms with E-state index in [1.54, 1.807) is 6.07 Å². The number of nitrogen functional groups attached to an aromatic ring is 1. The number of carbonyl (C=O) groups excluding carboxylic acids is 1. The van der Waals surface area contributed by atoms with Crippen molar-refractivity contribution >= 4 is 61.0 Å². The molecule has 256 valence electrons. The normalized spacial score (nSPS) is 22.9. The number of piperazine rings is 1. The number of thiazole rings is 1. The molecule has 2 bridgehead atoms. The topological polar surface area (TPSA) is 140 Å². The van der Waals surface area contributed by atoms with Gasteiger partial charge in [-0.1, -0.05) is 22.9 Å². The summed E-state index contributed by atoms with van der Waals surface area (Å²) < 4.78 is 53.6. The molecule has 1 amide bonds. The Morgan fingerprint density at radius 2 is 1.94 bits per heavy atom. The second kappa shape index (κ2) is 12.9. The van der Waals surface area contributed by atoms with Crippen LogP contribution in [0.5, 0.6) is 6.01 Å². The Morgan fingerprint density at radius 1 is 1.12 bits per heavy atom. The average Bonchev–Trinajstić information content (AvgIpc) is 3.81. The van der Waals surface area contributed by atoms with Crippen LogP contribution in [-0.2, 0) is 0 Å². The molecule has 5 aromatic rings. The summed E-state index contributed by atoms with van der Waals surface area (Å²) in [6.45, 7) is 2.00. The fourth-order valence-corrected chi connectivity index (χ4v) is 8.46. The van der Waals surface area contributed by atoms with Crippen LogP contribution in [0.4, 0.5) is 28.9 Å². The zero-order valence-electron chi connectivity index (χ0n) is 26.2. The van der Waals surface area contributed by atoms with Crippen LogP contribution in [0, 0.1) is 17.6 Å². The van der Waals surface area contributed by atoms with Gasteiger partial charge in [-0.25, -0.2) is 27.9 Å². The number of nitrogens with zero attached hydrogens (tertiary/aromatic N) is 8. The maximum absolute atomic E-state index is 16.9. The van der Waals surface area contributed by atoms with Gasteiger partial charge in [0.2, 0.25) is 0 Å². The van der Waals surface area contributed by atoms with Crippen molar-refractivity contribution < 1.29 is 22.7 Å². The van der Waals surface area contributed by atoms with E-state index < -0.39 is 17.8 Å². The van der Waals surface area contributed by atoms with Gasteiger partial charge in [0.1, 0.15) is 36.0 Å². The van der Waals surface area contributed by atoms with Crippen LogP contribution >= 0.6 is 22.9 Å². The van der Waals surface area contributed by atoms with Crippen LogP contribution in [-0.4, -0.2) is 91.7 Å². The van der Waals surface area contributed by atoms with Crippen molar-refractivity contribution in [1.82, 2.24) is 39.9 Å². The third kappa shape index (κ3) is 5.88. The number of anilines is 2. The van der Waals surface area contributed by atoms with Crippen molar-refractivity contribution in [3.8, 4) is 17.1 Å². The number of hydrogen-bond acceptors (Lipinski definition) is 11. The van der Waals surface area contributed by atoms with Crippen LogP contribution in [0.1, 0.15) is 32.1 Å². The zero-order chi connectivity index (χ0) is 33.8. The van der Waals surface area contributed by atoms with Crippen molar-refractivity contribution in [2.75, 3.05) is 43.4 Å². The second-order valence-electron chi connectivity index (χ2n) is 12.8. The Bertz CT molecular complexity index is 2040. The largest absolute Gasteiger partial charge is 0.463 e. The fraction of sp³-hybridized carbons (Fsp3) is 0.438. The molecule has 17 heteroatoms. The lowest BCUT2D eigenvalue weighted by Gasteiger charge is -2.41. The number of nitrogens with two attached hydrogens (primary N) is 1. The molecule has 6 heterocycles. The molecule has 4 atom stereocenters. The van der Waals surface area contributed by atoms with Gasteiger partial charge in [-0.05, 0) is 62.8 Å². The molecule has 3 saturated heterocycles. The maximum atomic E-state index is 16.9. The molecule has 0 spiro atoms. The van der Waals surface area contributed by atoms with Gasteiger partial charge in [-0.3, -0.25) is 0 Å². The summed E-state index contributed by atoms with van der Waals surface area (Å²) in [6.07, 6.45) is 5.17. The Balaban J connectivity index is 1.20. The predicted molar refractivity (Wildman–Crippen MR) is 180 cm³/mol. The number of amides is 1. The molecule has 3 unspecified atom stereocenters. The standard InChI is InChI=1S/C32H32ClF3N10O2S/c33-22-9-21-26(25(36)24(22)20-5-6-23(35)28-27(20)41-30(37)49-28)42-31(48-13-16-2-1-7-38-10-17(34)8-16)43-29(21)44-11-18-3-4-19(12-44)46(18)32(47)45-15-39-14-40-45/h5-6,9,14-19,38H,1-4,7-8,10-13H2,(H2,37,41)/t16?,17-,18?,19?/m1/s1. The predicted octanol–water partition coefficient (Wildman–Crippen LogP) is 5.44. The number of alkyl halides is 1. The minimum absolute atomic E-state index is 0.00354. The Hall–Kier alpha value is -4.28. The van der Waals surface area contributed by atoms with Crippen molar-refractivity contribution in [2.24, 2.45) is 5.92 Å². The number of rotatable bonds is 5. The first kappa shape index (κ1) is 32.0. The molecular weight excluding hydrogens is 681 g/mol. The van der Waals surface area contributed by atoms with Crippen molar-refractivity contribution in [3.05, 3.63) is 47.5 Å². The summed E-state index contributed by atoms with van der Waals surface area (Å²) in [4.78, 5) is 34.7. The van der Waals surface area contributed by atoms with E-state index in [-0.39, 0.29) is 80.2 Å². The molecule has 12 nitrogen and oxygen atoms in total. The number of halogens is 4. The molecule has 3 aliphatic rings. The van der Waals surface area contributed by atoms with Crippen molar-refractivity contribution in [1.29, 1.82) is 0 Å². The number of fused-ring (bicyclic) bond motifs is 4. The van der Waals surface area contributed by atoms with Gasteiger partial charge in [-0.2, -0.15) is 19.7 Å². The Labute approximate surface area is 287 Å². The molecule has 0 saturated carbocycles. The molecule has 3 aliphatic heterocycles. The van der Waals surface area contributed by atoms with E-state index in [4.69, 9.17) is 27.1 Å². The summed E-state index contributed by atoms with van der Waals surface area (Å²) in [5, 5.41) is 7.67. The van der Waals surface area contributed by atoms with Crippen molar-refractivity contribution in [2.45, 2.75) is 50.4 Å². The van der Waals surface area contributed by atoms with E-state index in [0.717, 1.165) is 43.6 Å². The number of benzene rings is 2. The first-order chi connectivity index (χ1) is 23.7. The van der Waals surface area contributed by atoms with Gasteiger partial charge in [0, 0.05) is 36.1 Å². The quantitative estimate of drug-likeness (QED) is 0.242. The first-order valence-electron chi connectivity index (χ1n) is 16.2. The van der Waals surface area contributed by atoms with Crippen LogP contribution < -0.4 is 20.7 Å². The number of ether oxygens (including phenoxy) is 1. The zero-order valence-corrected chi connectivity index (χ0v) is 27.7. The van der Waals surface area contributed by atoms with E-state index >= 15 is 4.39 Å². The second-order valence-corrected chi connectivity index (χ2v) is 14.2. The van der Waals surface area contributed by atoms with Crippen LogP contribution in [0.25, 0.3) is 32.2 Å². The highest BCUT2D eigenvalue weighted by Crippen LogP contribution is 2.43. The highest BCUT2D eigenvalue weighted by molar-refractivity contribution is 7.22. The summed E-state index contributed by atoms with van der Waals surface area (Å²) in [7, 11) is 0. The molecule has 0 radical (unpaired) electrons. The highest BCUT2D eigenvalue weighted by atomic mass is 35.5. The number of hydrogen-bond donors (Lipinski definition) is 2. The summed E-state index contributed by atoms with van der Waals surface area (Å²) in [6, 6.07) is 3.63. The SMILES string of the molecule is Nc1nc2c(-c3c(Cl)cc4c(N5CC6CCC(C5)N6C(=O)n5cncn5)nc(OCC5CCCNC[C@H](F)C5)nc4c3F)ccc(F)c2s1. The molecular formula is C32H32ClF3N10O2S. The molecule has 3 N–H and O–H groups in total. The van der Waals surface area contributed by atoms with Gasteiger partial charge in [0.25, 0.3) is 0 Å². The van der Waals surface area contributed by atoms with Gasteiger partial charge in [-0.15, -0.1) is 0 Å². The van der Waals surface area contributed by atoms with Gasteiger partial charge in [0.05, 0.1) is 33.9 Å². The van der Waals surface area contributed by atoms with E-state index in [1.165, 1.54) is 29.5 Å². The van der Waals surface area contributed by atoms with Crippen LogP contribution in [0.3, 0.4) is 0 Å². The van der Waals surface area contributed by atoms with Gasteiger partial charge in [0.15, 0.2) is 10.9 Å². The average molecular weight is 713 g/mol. The number of nitrogens with one attached hydrogen (secondary N) is 1. The molecule has 3 fully saturated rings.